The van der Waals surface area contributed by atoms with Crippen molar-refractivity contribution < 1.29 is 9.59 Å². The topological polar surface area (TPSA) is 58.2 Å². The molecule has 0 aromatic heterocycles. The molecule has 0 atom stereocenters. The van der Waals surface area contributed by atoms with E-state index < -0.39 is 0 Å². The van der Waals surface area contributed by atoms with Crippen molar-refractivity contribution in [1.82, 2.24) is 10.6 Å². The smallest absolute Gasteiger partial charge is 0.205 e. The summed E-state index contributed by atoms with van der Waals surface area (Å²) in [6.45, 7) is 0. The van der Waals surface area contributed by atoms with Crippen molar-refractivity contribution in [2.24, 2.45) is 0 Å². The Bertz CT molecular complexity index is 316. The highest BCUT2D eigenvalue weighted by atomic mass is 16.1. The Balaban J connectivity index is 2.39. The summed E-state index contributed by atoms with van der Waals surface area (Å²) in [5.74, 6) is -0.343. The monoisotopic (exact) mass is 162 g/mol. The highest BCUT2D eigenvalue weighted by molar-refractivity contribution is 6.15. The zero-order chi connectivity index (χ0) is 8.55. The molecular formula is C8H6N2O2. The maximum atomic E-state index is 11.1. The normalized spacial score (nSPS) is 26.3. The Kier molecular flexibility index (Phi) is 1.33. The number of carbonyl (C=O) groups excluding carboxylic acids is 2. The van der Waals surface area contributed by atoms with Crippen molar-refractivity contribution in [1.29, 1.82) is 0 Å². The van der Waals surface area contributed by atoms with Crippen LogP contribution in [-0.2, 0) is 9.59 Å². The van der Waals surface area contributed by atoms with Gasteiger partial charge >= 0.3 is 0 Å². The SMILES string of the molecule is O=C1C=CN/C1=C1/NC=CC1=O. The second-order valence-corrected chi connectivity index (χ2v) is 2.43. The summed E-state index contributed by atoms with van der Waals surface area (Å²) in [7, 11) is 0. The van der Waals surface area contributed by atoms with E-state index in [0.29, 0.717) is 11.4 Å². The van der Waals surface area contributed by atoms with Gasteiger partial charge in [0.15, 0.2) is 0 Å². The first kappa shape index (κ1) is 6.84. The van der Waals surface area contributed by atoms with Gasteiger partial charge in [-0.05, 0) is 0 Å². The quantitative estimate of drug-likeness (QED) is 0.474. The van der Waals surface area contributed by atoms with Gasteiger partial charge in [0.1, 0.15) is 11.4 Å². The number of ketones is 2. The van der Waals surface area contributed by atoms with Gasteiger partial charge in [-0.2, -0.15) is 0 Å². The molecule has 2 aliphatic rings. The lowest BCUT2D eigenvalue weighted by Gasteiger charge is -2.01. The van der Waals surface area contributed by atoms with Crippen molar-refractivity contribution >= 4 is 11.6 Å². The van der Waals surface area contributed by atoms with Crippen LogP contribution in [0.4, 0.5) is 0 Å². The first-order valence-electron chi connectivity index (χ1n) is 3.48. The van der Waals surface area contributed by atoms with Crippen LogP contribution in [0.25, 0.3) is 0 Å². The molecule has 0 aromatic carbocycles. The van der Waals surface area contributed by atoms with Crippen molar-refractivity contribution in [2.45, 2.75) is 0 Å². The van der Waals surface area contributed by atoms with Gasteiger partial charge < -0.3 is 10.6 Å². The number of carbonyl (C=O) groups is 2. The molecule has 0 aliphatic carbocycles. The van der Waals surface area contributed by atoms with E-state index in [2.05, 4.69) is 10.6 Å². The predicted molar refractivity (Wildman–Crippen MR) is 41.6 cm³/mol. The van der Waals surface area contributed by atoms with Crippen LogP contribution < -0.4 is 10.6 Å². The van der Waals surface area contributed by atoms with Crippen LogP contribution in [0.5, 0.6) is 0 Å². The van der Waals surface area contributed by atoms with E-state index in [1.165, 1.54) is 24.6 Å². The number of nitrogens with one attached hydrogen (secondary N) is 2. The lowest BCUT2D eigenvalue weighted by molar-refractivity contribution is -0.113. The minimum absolute atomic E-state index is 0.172. The fraction of sp³-hybridized carbons (Fsp3) is 0. The number of hydrogen-bond donors (Lipinski definition) is 2. The van der Waals surface area contributed by atoms with E-state index in [4.69, 9.17) is 0 Å². The second kappa shape index (κ2) is 2.34. The summed E-state index contributed by atoms with van der Waals surface area (Å²) < 4.78 is 0. The molecule has 0 radical (unpaired) electrons. The molecule has 0 fully saturated rings. The van der Waals surface area contributed by atoms with Crippen molar-refractivity contribution in [2.75, 3.05) is 0 Å². The maximum absolute atomic E-state index is 11.1. The van der Waals surface area contributed by atoms with Crippen LogP contribution in [0.1, 0.15) is 0 Å². The molecule has 0 aromatic rings. The average Bonchev–Trinajstić information content (AvgIpc) is 2.59. The van der Waals surface area contributed by atoms with Crippen LogP contribution in [0.2, 0.25) is 0 Å². The van der Waals surface area contributed by atoms with Crippen LogP contribution in [0, 0.1) is 0 Å². The van der Waals surface area contributed by atoms with Crippen molar-refractivity contribution in [3.8, 4) is 0 Å². The third kappa shape index (κ3) is 0.852. The lowest BCUT2D eigenvalue weighted by atomic mass is 10.2. The molecule has 4 heteroatoms. The molecule has 0 unspecified atom stereocenters. The molecule has 0 amide bonds. The third-order valence-corrected chi connectivity index (χ3v) is 1.67. The van der Waals surface area contributed by atoms with E-state index in [-0.39, 0.29) is 11.6 Å². The fourth-order valence-corrected chi connectivity index (χ4v) is 1.10. The zero-order valence-electron chi connectivity index (χ0n) is 6.13. The molecular weight excluding hydrogens is 156 g/mol. The molecule has 60 valence electrons. The van der Waals surface area contributed by atoms with E-state index in [1.54, 1.807) is 0 Å². The first-order valence-corrected chi connectivity index (χ1v) is 3.48. The Morgan fingerprint density at radius 2 is 1.25 bits per heavy atom. The lowest BCUT2D eigenvalue weighted by Crippen LogP contribution is -2.18. The van der Waals surface area contributed by atoms with Gasteiger partial charge in [0.25, 0.3) is 0 Å². The molecule has 4 nitrogen and oxygen atoms in total. The molecule has 2 N–H and O–H groups in total. The van der Waals surface area contributed by atoms with Crippen molar-refractivity contribution in [3.05, 3.63) is 35.9 Å². The first-order chi connectivity index (χ1) is 5.79. The van der Waals surface area contributed by atoms with Gasteiger partial charge in [0.05, 0.1) is 0 Å². The highest BCUT2D eigenvalue weighted by Crippen LogP contribution is 2.10. The number of allylic oxidation sites excluding steroid dienone is 2. The summed E-state index contributed by atoms with van der Waals surface area (Å²) in [5, 5.41) is 5.41. The van der Waals surface area contributed by atoms with Gasteiger partial charge in [-0.25, -0.2) is 0 Å². The third-order valence-electron chi connectivity index (χ3n) is 1.67. The molecule has 0 saturated heterocycles. The summed E-state index contributed by atoms with van der Waals surface area (Å²) >= 11 is 0. The second-order valence-electron chi connectivity index (χ2n) is 2.43. The van der Waals surface area contributed by atoms with Gasteiger partial charge in [-0.15, -0.1) is 0 Å². The van der Waals surface area contributed by atoms with Gasteiger partial charge in [0.2, 0.25) is 11.6 Å². The van der Waals surface area contributed by atoms with E-state index in [1.807, 2.05) is 0 Å². The number of hydrogen-bond acceptors (Lipinski definition) is 4. The van der Waals surface area contributed by atoms with Crippen molar-refractivity contribution in [3.63, 3.8) is 0 Å². The van der Waals surface area contributed by atoms with E-state index in [0.717, 1.165) is 0 Å². The van der Waals surface area contributed by atoms with Gasteiger partial charge in [-0.3, -0.25) is 9.59 Å². The zero-order valence-corrected chi connectivity index (χ0v) is 6.13. The Morgan fingerprint density at radius 3 is 1.50 bits per heavy atom. The molecule has 0 spiro atoms. The largest absolute Gasteiger partial charge is 0.357 e. The van der Waals surface area contributed by atoms with Gasteiger partial charge in [-0.1, -0.05) is 0 Å². The fourth-order valence-electron chi connectivity index (χ4n) is 1.10. The summed E-state index contributed by atoms with van der Waals surface area (Å²) in [5.41, 5.74) is 0.648. The Hall–Kier alpha value is -1.84. The summed E-state index contributed by atoms with van der Waals surface area (Å²) in [4.78, 5) is 22.2. The van der Waals surface area contributed by atoms with Crippen LogP contribution in [0.15, 0.2) is 35.9 Å². The molecule has 2 heterocycles. The molecule has 2 aliphatic heterocycles. The molecule has 2 rings (SSSR count). The summed E-state index contributed by atoms with van der Waals surface area (Å²) in [6.07, 6.45) is 5.79. The van der Waals surface area contributed by atoms with Crippen LogP contribution >= 0.6 is 0 Å². The molecule has 0 saturated carbocycles. The van der Waals surface area contributed by atoms with E-state index in [9.17, 15) is 9.59 Å². The molecule has 0 bridgehead atoms. The Morgan fingerprint density at radius 1 is 0.833 bits per heavy atom. The van der Waals surface area contributed by atoms with Gasteiger partial charge in [0, 0.05) is 24.6 Å². The molecule has 12 heavy (non-hydrogen) atoms. The Labute approximate surface area is 68.6 Å². The maximum Gasteiger partial charge on any atom is 0.205 e. The highest BCUT2D eigenvalue weighted by Gasteiger charge is 2.22. The van der Waals surface area contributed by atoms with Crippen LogP contribution in [0.3, 0.4) is 0 Å². The predicted octanol–water partition coefficient (Wildman–Crippen LogP) is -0.430. The minimum atomic E-state index is -0.172. The average molecular weight is 162 g/mol. The standard InChI is InChI=1S/C8H6N2O2/c11-5-1-3-9-7(5)8-6(12)2-4-10-8/h1-4,9-10H/b8-7+. The summed E-state index contributed by atoms with van der Waals surface area (Å²) in [6, 6.07) is 0. The number of rotatable bonds is 0. The minimum Gasteiger partial charge on any atom is -0.357 e. The van der Waals surface area contributed by atoms with E-state index >= 15 is 0 Å². The van der Waals surface area contributed by atoms with Crippen LogP contribution in [-0.4, -0.2) is 11.6 Å².